The van der Waals surface area contributed by atoms with E-state index in [2.05, 4.69) is 0 Å². The van der Waals surface area contributed by atoms with Crippen molar-refractivity contribution in [1.82, 2.24) is 14.5 Å². The van der Waals surface area contributed by atoms with Gasteiger partial charge in [0.1, 0.15) is 6.54 Å². The molecule has 23 heavy (non-hydrogen) atoms. The summed E-state index contributed by atoms with van der Waals surface area (Å²) < 4.78 is 2.33. The first-order valence-corrected chi connectivity index (χ1v) is 8.23. The van der Waals surface area contributed by atoms with Gasteiger partial charge in [0, 0.05) is 30.7 Å². The van der Waals surface area contributed by atoms with Crippen LogP contribution in [-0.4, -0.2) is 46.1 Å². The van der Waals surface area contributed by atoms with E-state index < -0.39 is 0 Å². The van der Waals surface area contributed by atoms with Crippen LogP contribution in [0.2, 0.25) is 5.02 Å². The van der Waals surface area contributed by atoms with Crippen LogP contribution in [0.15, 0.2) is 23.0 Å². The number of rotatable bonds is 2. The quantitative estimate of drug-likeness (QED) is 0.807. The average molecular weight is 377 g/mol. The molecule has 2 N–H and O–H groups in total. The summed E-state index contributed by atoms with van der Waals surface area (Å²) in [5, 5.41) is 2.28. The number of aromatic nitrogens is 1. The fourth-order valence-electron chi connectivity index (χ4n) is 2.62. The summed E-state index contributed by atoms with van der Waals surface area (Å²) in [4.78, 5) is 26.2. The Morgan fingerprint density at radius 1 is 1.43 bits per heavy atom. The first kappa shape index (κ1) is 18.2. The van der Waals surface area contributed by atoms with Gasteiger partial charge in [-0.1, -0.05) is 22.9 Å². The van der Waals surface area contributed by atoms with Crippen LogP contribution in [0.1, 0.15) is 6.92 Å². The van der Waals surface area contributed by atoms with Crippen molar-refractivity contribution in [3.63, 3.8) is 0 Å². The molecule has 1 amide bonds. The molecular formula is C14H18Cl2N4O2S. The minimum absolute atomic E-state index is 0. The monoisotopic (exact) mass is 376 g/mol. The standard InChI is InChI=1S/C14H17ClN4O2S.ClH/c1-9-7-17(4-5-19(9)16)13(20)8-18-11-6-10(15)2-3-12(11)22-14(18)21;/h2-3,6,9H,4-5,7-8,16H2,1H3;1H. The van der Waals surface area contributed by atoms with Gasteiger partial charge in [-0.2, -0.15) is 0 Å². The molecule has 1 fully saturated rings. The second-order valence-electron chi connectivity index (χ2n) is 5.49. The van der Waals surface area contributed by atoms with Crippen LogP contribution in [0.4, 0.5) is 0 Å². The number of benzene rings is 1. The number of nitrogens with two attached hydrogens (primary N) is 1. The molecule has 3 rings (SSSR count). The zero-order valence-corrected chi connectivity index (χ0v) is 15.0. The number of nitrogens with zero attached hydrogens (tertiary/aromatic N) is 3. The SMILES string of the molecule is CC1CN(C(=O)Cn2c(=O)sc3ccc(Cl)cc32)CCN1N.Cl. The molecule has 1 unspecified atom stereocenters. The van der Waals surface area contributed by atoms with Gasteiger partial charge in [0.15, 0.2) is 0 Å². The highest BCUT2D eigenvalue weighted by atomic mass is 35.5. The molecule has 2 aromatic rings. The summed E-state index contributed by atoms with van der Waals surface area (Å²) in [6, 6.07) is 5.39. The van der Waals surface area contributed by atoms with E-state index in [4.69, 9.17) is 17.4 Å². The largest absolute Gasteiger partial charge is 0.338 e. The topological polar surface area (TPSA) is 71.6 Å². The van der Waals surface area contributed by atoms with Crippen molar-refractivity contribution in [2.24, 2.45) is 5.84 Å². The lowest BCUT2D eigenvalue weighted by atomic mass is 10.2. The van der Waals surface area contributed by atoms with Gasteiger partial charge >= 0.3 is 4.87 Å². The van der Waals surface area contributed by atoms with E-state index in [9.17, 15) is 9.59 Å². The molecule has 0 spiro atoms. The third kappa shape index (κ3) is 3.70. The number of carbonyl (C=O) groups is 1. The predicted octanol–water partition coefficient (Wildman–Crippen LogP) is 1.54. The molecule has 0 saturated carbocycles. The third-order valence-electron chi connectivity index (χ3n) is 3.95. The Bertz CT molecular complexity index is 776. The van der Waals surface area contributed by atoms with E-state index in [1.54, 1.807) is 28.1 Å². The van der Waals surface area contributed by atoms with Gasteiger partial charge < -0.3 is 4.90 Å². The molecule has 6 nitrogen and oxygen atoms in total. The normalized spacial score (nSPS) is 18.9. The molecule has 1 aromatic heterocycles. The van der Waals surface area contributed by atoms with Crippen molar-refractivity contribution in [3.05, 3.63) is 32.9 Å². The van der Waals surface area contributed by atoms with E-state index in [1.807, 2.05) is 6.92 Å². The van der Waals surface area contributed by atoms with Gasteiger partial charge in [-0.3, -0.25) is 20.0 Å². The van der Waals surface area contributed by atoms with E-state index in [0.717, 1.165) is 16.0 Å². The van der Waals surface area contributed by atoms with Crippen molar-refractivity contribution < 1.29 is 4.79 Å². The fourth-order valence-corrected chi connectivity index (χ4v) is 3.66. The Kier molecular flexibility index (Phi) is 5.70. The lowest BCUT2D eigenvalue weighted by Gasteiger charge is -2.37. The van der Waals surface area contributed by atoms with E-state index in [-0.39, 0.29) is 35.8 Å². The minimum atomic E-state index is -0.142. The number of amides is 1. The maximum atomic E-state index is 12.5. The van der Waals surface area contributed by atoms with Gasteiger partial charge in [0.05, 0.1) is 10.2 Å². The second kappa shape index (κ2) is 7.19. The van der Waals surface area contributed by atoms with Crippen molar-refractivity contribution in [1.29, 1.82) is 0 Å². The summed E-state index contributed by atoms with van der Waals surface area (Å²) in [6.07, 6.45) is 0. The van der Waals surface area contributed by atoms with Gasteiger partial charge in [-0.25, -0.2) is 5.01 Å². The first-order valence-electron chi connectivity index (χ1n) is 7.03. The zero-order chi connectivity index (χ0) is 15.9. The van der Waals surface area contributed by atoms with Gasteiger partial charge in [-0.15, -0.1) is 12.4 Å². The van der Waals surface area contributed by atoms with E-state index >= 15 is 0 Å². The third-order valence-corrected chi connectivity index (χ3v) is 5.15. The number of carbonyl (C=O) groups excluding carboxylic acids is 1. The van der Waals surface area contributed by atoms with Crippen molar-refractivity contribution in [3.8, 4) is 0 Å². The van der Waals surface area contributed by atoms with Crippen LogP contribution in [-0.2, 0) is 11.3 Å². The number of thiazole rings is 1. The second-order valence-corrected chi connectivity index (χ2v) is 6.92. The number of hydrazine groups is 1. The predicted molar refractivity (Wildman–Crippen MR) is 95.3 cm³/mol. The maximum Gasteiger partial charge on any atom is 0.308 e. The summed E-state index contributed by atoms with van der Waals surface area (Å²) in [7, 11) is 0. The van der Waals surface area contributed by atoms with Crippen LogP contribution < -0.4 is 10.7 Å². The molecule has 1 aliphatic rings. The van der Waals surface area contributed by atoms with Crippen LogP contribution in [0, 0.1) is 0 Å². The molecule has 0 radical (unpaired) electrons. The highest BCUT2D eigenvalue weighted by Gasteiger charge is 2.25. The maximum absolute atomic E-state index is 12.5. The molecule has 0 aliphatic carbocycles. The van der Waals surface area contributed by atoms with Crippen LogP contribution in [0.25, 0.3) is 10.2 Å². The number of hydrogen-bond donors (Lipinski definition) is 1. The van der Waals surface area contributed by atoms with Crippen molar-refractivity contribution >= 4 is 51.5 Å². The zero-order valence-electron chi connectivity index (χ0n) is 12.6. The summed E-state index contributed by atoms with van der Waals surface area (Å²) in [6.45, 7) is 3.81. The number of piperazine rings is 1. The Morgan fingerprint density at radius 3 is 2.87 bits per heavy atom. The number of fused-ring (bicyclic) bond motifs is 1. The fraction of sp³-hybridized carbons (Fsp3) is 0.429. The Hall–Kier alpha value is -1.12. The Morgan fingerprint density at radius 2 is 2.17 bits per heavy atom. The minimum Gasteiger partial charge on any atom is -0.338 e. The van der Waals surface area contributed by atoms with Gasteiger partial charge in [-0.05, 0) is 25.1 Å². The van der Waals surface area contributed by atoms with Crippen molar-refractivity contribution in [2.75, 3.05) is 19.6 Å². The molecule has 9 heteroatoms. The average Bonchev–Trinajstić information content (AvgIpc) is 2.78. The lowest BCUT2D eigenvalue weighted by molar-refractivity contribution is -0.134. The number of hydrogen-bond acceptors (Lipinski definition) is 5. The summed E-state index contributed by atoms with van der Waals surface area (Å²) in [5.41, 5.74) is 0.710. The molecule has 0 bridgehead atoms. The Labute approximate surface area is 148 Å². The molecular weight excluding hydrogens is 359 g/mol. The lowest BCUT2D eigenvalue weighted by Crippen LogP contribution is -2.56. The molecule has 126 valence electrons. The van der Waals surface area contributed by atoms with Crippen molar-refractivity contribution in [2.45, 2.75) is 19.5 Å². The molecule has 1 saturated heterocycles. The molecule has 1 aromatic carbocycles. The summed E-state index contributed by atoms with van der Waals surface area (Å²) >= 11 is 7.12. The number of halogens is 2. The first-order chi connectivity index (χ1) is 10.5. The van der Waals surface area contributed by atoms with Crippen LogP contribution in [0.5, 0.6) is 0 Å². The van der Waals surface area contributed by atoms with Gasteiger partial charge in [0.25, 0.3) is 0 Å². The highest BCUT2D eigenvalue weighted by Crippen LogP contribution is 2.21. The molecule has 1 atom stereocenters. The van der Waals surface area contributed by atoms with Crippen LogP contribution >= 0.6 is 35.3 Å². The summed E-state index contributed by atoms with van der Waals surface area (Å²) in [5.74, 6) is 5.75. The highest BCUT2D eigenvalue weighted by molar-refractivity contribution is 7.16. The van der Waals surface area contributed by atoms with Gasteiger partial charge in [0.2, 0.25) is 5.91 Å². The van der Waals surface area contributed by atoms with E-state index in [1.165, 1.54) is 4.57 Å². The van der Waals surface area contributed by atoms with E-state index in [0.29, 0.717) is 30.2 Å². The molecule has 1 aliphatic heterocycles. The Balaban J connectivity index is 0.00000192. The van der Waals surface area contributed by atoms with Crippen LogP contribution in [0.3, 0.4) is 0 Å². The smallest absolute Gasteiger partial charge is 0.308 e. The molecule has 2 heterocycles.